The molecule has 0 fully saturated rings. The Labute approximate surface area is 75.0 Å². The van der Waals surface area contributed by atoms with Gasteiger partial charge in [0.1, 0.15) is 0 Å². The molecule has 0 spiro atoms. The van der Waals surface area contributed by atoms with Gasteiger partial charge in [0.05, 0.1) is 0 Å². The average Bonchev–Trinajstić information content (AvgIpc) is 1.88. The Morgan fingerprint density at radius 2 is 2.50 bits per heavy atom. The molecule has 0 aliphatic carbocycles. The Morgan fingerprint density at radius 3 is 3.00 bits per heavy atom. The zero-order valence-electron chi connectivity index (χ0n) is 5.92. The van der Waals surface area contributed by atoms with E-state index in [0.717, 1.165) is 6.42 Å². The first-order valence-corrected chi connectivity index (χ1v) is 4.56. The molecule has 0 amide bonds. The lowest BCUT2D eigenvalue weighted by Crippen LogP contribution is -1.95. The highest BCUT2D eigenvalue weighted by Crippen LogP contribution is 2.07. The van der Waals surface area contributed by atoms with E-state index in [-0.39, 0.29) is 0 Å². The maximum Gasteiger partial charge on any atom is 0.0300 e. The minimum absolute atomic E-state index is 0.696. The minimum Gasteiger partial charge on any atom is -0.264 e. The second-order valence-corrected chi connectivity index (χ2v) is 4.47. The summed E-state index contributed by atoms with van der Waals surface area (Å²) >= 11 is 2.42. The number of rotatable bonds is 2. The van der Waals surface area contributed by atoms with Gasteiger partial charge in [-0.3, -0.25) is 4.98 Å². The van der Waals surface area contributed by atoms with Crippen molar-refractivity contribution >= 4 is 22.6 Å². The van der Waals surface area contributed by atoms with Crippen molar-refractivity contribution in [3.8, 4) is 0 Å². The largest absolute Gasteiger partial charge is 0.264 e. The standard InChI is InChI=1S/C8H10IN/c1-7(9)5-8-3-2-4-10-6-8/h2-4,6-7H,5H2,1H3. The molecule has 0 aromatic carbocycles. The molecule has 2 heteroatoms. The molecule has 1 aromatic heterocycles. The third kappa shape index (κ3) is 2.64. The van der Waals surface area contributed by atoms with Gasteiger partial charge in [-0.1, -0.05) is 35.6 Å². The fraction of sp³-hybridized carbons (Fsp3) is 0.375. The molecule has 0 bridgehead atoms. The number of hydrogen-bond donors (Lipinski definition) is 0. The predicted molar refractivity (Wildman–Crippen MR) is 51.4 cm³/mol. The van der Waals surface area contributed by atoms with E-state index in [4.69, 9.17) is 0 Å². The highest BCUT2D eigenvalue weighted by Gasteiger charge is 1.96. The maximum absolute atomic E-state index is 4.03. The molecule has 0 radical (unpaired) electrons. The fourth-order valence-corrected chi connectivity index (χ4v) is 1.35. The van der Waals surface area contributed by atoms with Gasteiger partial charge >= 0.3 is 0 Å². The first-order valence-electron chi connectivity index (χ1n) is 3.32. The number of hydrogen-bond acceptors (Lipinski definition) is 1. The van der Waals surface area contributed by atoms with Crippen LogP contribution >= 0.6 is 22.6 Å². The molecule has 1 heterocycles. The molecule has 1 aromatic rings. The molecule has 10 heavy (non-hydrogen) atoms. The molecule has 0 saturated carbocycles. The molecule has 1 atom stereocenters. The van der Waals surface area contributed by atoms with Gasteiger partial charge in [0.15, 0.2) is 0 Å². The van der Waals surface area contributed by atoms with Crippen LogP contribution in [0.1, 0.15) is 12.5 Å². The van der Waals surface area contributed by atoms with Crippen molar-refractivity contribution in [3.05, 3.63) is 30.1 Å². The molecule has 54 valence electrons. The van der Waals surface area contributed by atoms with Crippen molar-refractivity contribution < 1.29 is 0 Å². The van der Waals surface area contributed by atoms with Crippen molar-refractivity contribution in [3.63, 3.8) is 0 Å². The lowest BCUT2D eigenvalue weighted by atomic mass is 10.2. The summed E-state index contributed by atoms with van der Waals surface area (Å²) in [6.45, 7) is 2.20. The Morgan fingerprint density at radius 1 is 1.70 bits per heavy atom. The van der Waals surface area contributed by atoms with Crippen LogP contribution in [-0.2, 0) is 6.42 Å². The summed E-state index contributed by atoms with van der Waals surface area (Å²) in [4.78, 5) is 4.03. The topological polar surface area (TPSA) is 12.9 Å². The third-order valence-electron chi connectivity index (χ3n) is 1.24. The van der Waals surface area contributed by atoms with E-state index in [2.05, 4.69) is 40.6 Å². The van der Waals surface area contributed by atoms with Crippen molar-refractivity contribution in [2.24, 2.45) is 0 Å². The Balaban J connectivity index is 2.59. The van der Waals surface area contributed by atoms with Crippen molar-refractivity contribution in [1.29, 1.82) is 0 Å². The van der Waals surface area contributed by atoms with Gasteiger partial charge in [0, 0.05) is 16.3 Å². The van der Waals surface area contributed by atoms with Gasteiger partial charge in [-0.05, 0) is 18.1 Å². The normalized spacial score (nSPS) is 13.0. The van der Waals surface area contributed by atoms with Crippen molar-refractivity contribution in [2.75, 3.05) is 0 Å². The highest BCUT2D eigenvalue weighted by molar-refractivity contribution is 14.1. The summed E-state index contributed by atoms with van der Waals surface area (Å²) in [7, 11) is 0. The second-order valence-electron chi connectivity index (χ2n) is 2.35. The number of halogens is 1. The molecule has 0 aliphatic heterocycles. The molecular weight excluding hydrogens is 237 g/mol. The van der Waals surface area contributed by atoms with Crippen LogP contribution in [0.25, 0.3) is 0 Å². The molecule has 0 N–H and O–H groups in total. The van der Waals surface area contributed by atoms with Crippen LogP contribution in [0.15, 0.2) is 24.5 Å². The summed E-state index contributed by atoms with van der Waals surface area (Å²) in [5.41, 5.74) is 1.32. The number of pyridine rings is 1. The third-order valence-corrected chi connectivity index (χ3v) is 1.68. The molecule has 1 rings (SSSR count). The van der Waals surface area contributed by atoms with E-state index in [9.17, 15) is 0 Å². The molecule has 1 nitrogen and oxygen atoms in total. The smallest absolute Gasteiger partial charge is 0.0300 e. The van der Waals surface area contributed by atoms with E-state index < -0.39 is 0 Å². The SMILES string of the molecule is CC(I)Cc1cccnc1. The number of aromatic nitrogens is 1. The Kier molecular flexibility index (Phi) is 3.12. The van der Waals surface area contributed by atoms with Crippen LogP contribution in [-0.4, -0.2) is 8.91 Å². The first kappa shape index (κ1) is 7.98. The van der Waals surface area contributed by atoms with E-state index in [1.165, 1.54) is 5.56 Å². The van der Waals surface area contributed by atoms with Gasteiger partial charge < -0.3 is 0 Å². The Bertz CT molecular complexity index is 184. The maximum atomic E-state index is 4.03. The molecular formula is C8H10IN. The zero-order valence-corrected chi connectivity index (χ0v) is 8.08. The van der Waals surface area contributed by atoms with E-state index in [1.54, 1.807) is 6.20 Å². The van der Waals surface area contributed by atoms with E-state index >= 15 is 0 Å². The van der Waals surface area contributed by atoms with Gasteiger partial charge in [0.25, 0.3) is 0 Å². The predicted octanol–water partition coefficient (Wildman–Crippen LogP) is 2.45. The van der Waals surface area contributed by atoms with Gasteiger partial charge in [-0.2, -0.15) is 0 Å². The lowest BCUT2D eigenvalue weighted by molar-refractivity contribution is 0.965. The van der Waals surface area contributed by atoms with Gasteiger partial charge in [0.2, 0.25) is 0 Å². The van der Waals surface area contributed by atoms with Crippen LogP contribution in [0.2, 0.25) is 0 Å². The van der Waals surface area contributed by atoms with Crippen LogP contribution < -0.4 is 0 Å². The van der Waals surface area contributed by atoms with Gasteiger partial charge in [-0.25, -0.2) is 0 Å². The lowest BCUT2D eigenvalue weighted by Gasteiger charge is -2.00. The van der Waals surface area contributed by atoms with Gasteiger partial charge in [-0.15, -0.1) is 0 Å². The summed E-state index contributed by atoms with van der Waals surface area (Å²) < 4.78 is 0.696. The van der Waals surface area contributed by atoms with E-state index in [1.807, 2.05) is 12.3 Å². The fourth-order valence-electron chi connectivity index (χ4n) is 0.844. The monoisotopic (exact) mass is 247 g/mol. The summed E-state index contributed by atoms with van der Waals surface area (Å²) in [5, 5.41) is 0. The average molecular weight is 247 g/mol. The van der Waals surface area contributed by atoms with Crippen molar-refractivity contribution in [2.45, 2.75) is 17.3 Å². The first-order chi connectivity index (χ1) is 4.79. The highest BCUT2D eigenvalue weighted by atomic mass is 127. The van der Waals surface area contributed by atoms with Crippen LogP contribution in [0.5, 0.6) is 0 Å². The molecule has 0 aliphatic rings. The summed E-state index contributed by atoms with van der Waals surface area (Å²) in [6.07, 6.45) is 4.85. The van der Waals surface area contributed by atoms with Crippen LogP contribution in [0.4, 0.5) is 0 Å². The summed E-state index contributed by atoms with van der Waals surface area (Å²) in [6, 6.07) is 4.09. The quantitative estimate of drug-likeness (QED) is 0.577. The Hall–Kier alpha value is -0.120. The summed E-state index contributed by atoms with van der Waals surface area (Å²) in [5.74, 6) is 0. The van der Waals surface area contributed by atoms with Crippen molar-refractivity contribution in [1.82, 2.24) is 4.98 Å². The number of alkyl halides is 1. The second kappa shape index (κ2) is 3.91. The molecule has 0 saturated heterocycles. The minimum atomic E-state index is 0.696. The van der Waals surface area contributed by atoms with Crippen LogP contribution in [0.3, 0.4) is 0 Å². The number of nitrogens with zero attached hydrogens (tertiary/aromatic N) is 1. The van der Waals surface area contributed by atoms with E-state index in [0.29, 0.717) is 3.92 Å². The zero-order chi connectivity index (χ0) is 7.40. The van der Waals surface area contributed by atoms with Crippen LogP contribution in [0, 0.1) is 0 Å². The molecule has 1 unspecified atom stereocenters.